The largest absolute Gasteiger partial charge is 0.468 e. The van der Waals surface area contributed by atoms with E-state index in [0.29, 0.717) is 19.8 Å². The lowest BCUT2D eigenvalue weighted by atomic mass is 10.1. The van der Waals surface area contributed by atoms with Gasteiger partial charge in [0.05, 0.1) is 20.3 Å². The van der Waals surface area contributed by atoms with E-state index in [1.165, 1.54) is 7.11 Å². The lowest BCUT2D eigenvalue weighted by molar-refractivity contribution is -0.154. The lowest BCUT2D eigenvalue weighted by Gasteiger charge is -2.37. The van der Waals surface area contributed by atoms with E-state index in [0.717, 1.165) is 6.54 Å². The van der Waals surface area contributed by atoms with Crippen LogP contribution in [0.15, 0.2) is 0 Å². The topological polar surface area (TPSA) is 64.8 Å². The highest BCUT2D eigenvalue weighted by atomic mass is 16.5. The molecule has 1 heterocycles. The summed E-state index contributed by atoms with van der Waals surface area (Å²) in [6, 6.07) is -0.115. The van der Waals surface area contributed by atoms with Crippen molar-refractivity contribution in [3.63, 3.8) is 0 Å². The quantitative estimate of drug-likeness (QED) is 0.607. The molecule has 2 unspecified atom stereocenters. The van der Waals surface area contributed by atoms with Crippen LogP contribution < -0.4 is 5.73 Å². The summed E-state index contributed by atoms with van der Waals surface area (Å²) in [5, 5.41) is 0. The Morgan fingerprint density at radius 2 is 2.50 bits per heavy atom. The number of nitrogens with zero attached hydrogens (tertiary/aromatic N) is 1. The third kappa shape index (κ3) is 2.43. The normalized spacial score (nSPS) is 25.8. The van der Waals surface area contributed by atoms with E-state index in [2.05, 4.69) is 0 Å². The Morgan fingerprint density at radius 3 is 3.07 bits per heavy atom. The molecule has 5 nitrogen and oxygen atoms in total. The van der Waals surface area contributed by atoms with E-state index >= 15 is 0 Å². The molecule has 0 aromatic heterocycles. The number of hydrogen-bond acceptors (Lipinski definition) is 5. The van der Waals surface area contributed by atoms with Crippen LogP contribution >= 0.6 is 0 Å². The van der Waals surface area contributed by atoms with E-state index in [-0.39, 0.29) is 18.1 Å². The molecule has 0 spiro atoms. The summed E-state index contributed by atoms with van der Waals surface area (Å²) in [4.78, 5) is 13.4. The first-order valence-electron chi connectivity index (χ1n) is 4.82. The van der Waals surface area contributed by atoms with Crippen molar-refractivity contribution in [2.24, 2.45) is 5.73 Å². The minimum Gasteiger partial charge on any atom is -0.468 e. The molecule has 0 aromatic carbocycles. The van der Waals surface area contributed by atoms with Gasteiger partial charge in [0, 0.05) is 19.1 Å². The number of carbonyl (C=O) groups excluding carboxylic acids is 1. The first-order valence-corrected chi connectivity index (χ1v) is 4.82. The molecule has 1 aliphatic rings. The third-order valence-corrected chi connectivity index (χ3v) is 2.55. The average Bonchev–Trinajstić information content (AvgIpc) is 2.27. The minimum atomic E-state index is -0.299. The van der Waals surface area contributed by atoms with E-state index in [4.69, 9.17) is 15.2 Å². The van der Waals surface area contributed by atoms with Gasteiger partial charge in [-0.2, -0.15) is 0 Å². The molecule has 0 saturated carbocycles. The first-order chi connectivity index (χ1) is 6.70. The van der Waals surface area contributed by atoms with Gasteiger partial charge in [0.15, 0.2) is 0 Å². The molecule has 14 heavy (non-hydrogen) atoms. The number of ether oxygens (including phenoxy) is 2. The highest BCUT2D eigenvalue weighted by molar-refractivity contribution is 5.76. The Kier molecular flexibility index (Phi) is 4.31. The van der Waals surface area contributed by atoms with Gasteiger partial charge < -0.3 is 15.2 Å². The van der Waals surface area contributed by atoms with Crippen LogP contribution in [0.25, 0.3) is 0 Å². The number of rotatable bonds is 3. The van der Waals surface area contributed by atoms with E-state index in [9.17, 15) is 4.79 Å². The summed E-state index contributed by atoms with van der Waals surface area (Å²) in [5.41, 5.74) is 5.57. The lowest BCUT2D eigenvalue weighted by Crippen LogP contribution is -2.55. The molecule has 0 aromatic rings. The zero-order chi connectivity index (χ0) is 10.6. The SMILES string of the molecule is COC(=O)C1COCCN1C(C)CN. The predicted octanol–water partition coefficient (Wildman–Crippen LogP) is -0.793. The second kappa shape index (κ2) is 5.29. The number of hydrogen-bond donors (Lipinski definition) is 1. The Morgan fingerprint density at radius 1 is 1.79 bits per heavy atom. The van der Waals surface area contributed by atoms with Crippen molar-refractivity contribution in [2.45, 2.75) is 19.0 Å². The maximum Gasteiger partial charge on any atom is 0.325 e. The summed E-state index contributed by atoms with van der Waals surface area (Å²) in [7, 11) is 1.39. The Labute approximate surface area is 84.1 Å². The van der Waals surface area contributed by atoms with E-state index < -0.39 is 0 Å². The van der Waals surface area contributed by atoms with E-state index in [1.807, 2.05) is 11.8 Å². The monoisotopic (exact) mass is 202 g/mol. The second-order valence-electron chi connectivity index (χ2n) is 3.44. The Balaban J connectivity index is 2.63. The first kappa shape index (κ1) is 11.4. The molecular formula is C9H18N2O3. The van der Waals surface area contributed by atoms with Crippen LogP contribution in [0, 0.1) is 0 Å². The van der Waals surface area contributed by atoms with Crippen molar-refractivity contribution >= 4 is 5.97 Å². The Hall–Kier alpha value is -0.650. The van der Waals surface area contributed by atoms with Crippen LogP contribution in [0.1, 0.15) is 6.92 Å². The van der Waals surface area contributed by atoms with Crippen LogP contribution in [0.2, 0.25) is 0 Å². The molecule has 0 bridgehead atoms. The summed E-state index contributed by atoms with van der Waals surface area (Å²) < 4.78 is 9.96. The molecular weight excluding hydrogens is 184 g/mol. The molecule has 0 amide bonds. The zero-order valence-corrected chi connectivity index (χ0v) is 8.73. The number of nitrogens with two attached hydrogens (primary N) is 1. The van der Waals surface area contributed by atoms with Gasteiger partial charge in [0.2, 0.25) is 0 Å². The molecule has 1 aliphatic heterocycles. The summed E-state index contributed by atoms with van der Waals surface area (Å²) in [6.45, 7) is 4.32. The number of carbonyl (C=O) groups is 1. The predicted molar refractivity (Wildman–Crippen MR) is 51.8 cm³/mol. The summed E-state index contributed by atoms with van der Waals surface area (Å²) >= 11 is 0. The summed E-state index contributed by atoms with van der Waals surface area (Å²) in [6.07, 6.45) is 0. The maximum atomic E-state index is 11.4. The van der Waals surface area contributed by atoms with Crippen molar-refractivity contribution in [3.05, 3.63) is 0 Å². The van der Waals surface area contributed by atoms with E-state index in [1.54, 1.807) is 0 Å². The molecule has 2 atom stereocenters. The minimum absolute atomic E-state index is 0.183. The maximum absolute atomic E-state index is 11.4. The van der Waals surface area contributed by atoms with Gasteiger partial charge in [-0.1, -0.05) is 0 Å². The van der Waals surface area contributed by atoms with Crippen molar-refractivity contribution < 1.29 is 14.3 Å². The number of esters is 1. The van der Waals surface area contributed by atoms with Crippen LogP contribution in [-0.4, -0.2) is 56.4 Å². The Bertz CT molecular complexity index is 198. The van der Waals surface area contributed by atoms with Crippen molar-refractivity contribution in [2.75, 3.05) is 33.4 Å². The number of morpholine rings is 1. The smallest absolute Gasteiger partial charge is 0.325 e. The molecule has 1 saturated heterocycles. The second-order valence-corrected chi connectivity index (χ2v) is 3.44. The molecule has 82 valence electrons. The van der Waals surface area contributed by atoms with Crippen LogP contribution in [0.5, 0.6) is 0 Å². The highest BCUT2D eigenvalue weighted by Gasteiger charge is 2.32. The van der Waals surface area contributed by atoms with Gasteiger partial charge in [0.25, 0.3) is 0 Å². The standard InChI is InChI=1S/C9H18N2O3/c1-7(5-10)11-3-4-14-6-8(11)9(12)13-2/h7-8H,3-6,10H2,1-2H3. The molecule has 0 aliphatic carbocycles. The van der Waals surface area contributed by atoms with Crippen LogP contribution in [0.4, 0.5) is 0 Å². The fraction of sp³-hybridized carbons (Fsp3) is 0.889. The third-order valence-electron chi connectivity index (χ3n) is 2.55. The van der Waals surface area contributed by atoms with Gasteiger partial charge in [-0.25, -0.2) is 0 Å². The van der Waals surface area contributed by atoms with Gasteiger partial charge in [0.1, 0.15) is 6.04 Å². The summed E-state index contributed by atoms with van der Waals surface area (Å²) in [5.74, 6) is -0.245. The fourth-order valence-corrected chi connectivity index (χ4v) is 1.62. The van der Waals surface area contributed by atoms with Crippen molar-refractivity contribution in [1.29, 1.82) is 0 Å². The van der Waals surface area contributed by atoms with Crippen LogP contribution in [-0.2, 0) is 14.3 Å². The highest BCUT2D eigenvalue weighted by Crippen LogP contribution is 2.11. The van der Waals surface area contributed by atoms with Crippen LogP contribution in [0.3, 0.4) is 0 Å². The van der Waals surface area contributed by atoms with Gasteiger partial charge >= 0.3 is 5.97 Å². The molecule has 1 rings (SSSR count). The fourth-order valence-electron chi connectivity index (χ4n) is 1.62. The molecule has 0 radical (unpaired) electrons. The van der Waals surface area contributed by atoms with Crippen molar-refractivity contribution in [3.8, 4) is 0 Å². The number of methoxy groups -OCH3 is 1. The molecule has 2 N–H and O–H groups in total. The molecule has 5 heteroatoms. The van der Waals surface area contributed by atoms with Gasteiger partial charge in [-0.3, -0.25) is 9.69 Å². The van der Waals surface area contributed by atoms with Gasteiger partial charge in [-0.05, 0) is 6.92 Å². The zero-order valence-electron chi connectivity index (χ0n) is 8.73. The van der Waals surface area contributed by atoms with Gasteiger partial charge in [-0.15, -0.1) is 0 Å². The molecule has 1 fully saturated rings. The van der Waals surface area contributed by atoms with Crippen molar-refractivity contribution in [1.82, 2.24) is 4.90 Å². The average molecular weight is 202 g/mol.